The zero-order valence-electron chi connectivity index (χ0n) is 24.6. The van der Waals surface area contributed by atoms with E-state index in [2.05, 4.69) is 56.3 Å². The number of likely N-dealkylation sites (tertiary alicyclic amines) is 1. The molecule has 0 radical (unpaired) electrons. The summed E-state index contributed by atoms with van der Waals surface area (Å²) in [6.07, 6.45) is -0.831. The van der Waals surface area contributed by atoms with E-state index in [1.165, 1.54) is 11.8 Å². The number of Topliss-reactive ketones (excluding diaryl/α,β-unsaturated/α-hetero) is 2. The van der Waals surface area contributed by atoms with Crippen molar-refractivity contribution in [1.82, 2.24) is 20.1 Å². The molecular formula is C30H36ClF3N6O4. The quantitative estimate of drug-likeness (QED) is 0.419. The van der Waals surface area contributed by atoms with Crippen LogP contribution in [0.1, 0.15) is 32.3 Å². The molecule has 14 heteroatoms. The predicted octanol–water partition coefficient (Wildman–Crippen LogP) is 3.48. The highest BCUT2D eigenvalue weighted by Crippen LogP contribution is 2.35. The molecule has 2 N–H and O–H groups in total. The van der Waals surface area contributed by atoms with Crippen LogP contribution in [0.2, 0.25) is 5.02 Å². The second-order valence-electron chi connectivity index (χ2n) is 12.1. The first-order chi connectivity index (χ1) is 21.0. The molecule has 3 aliphatic heterocycles. The van der Waals surface area contributed by atoms with E-state index < -0.39 is 36.4 Å². The minimum Gasteiger partial charge on any atom is -0.454 e. The van der Waals surface area contributed by atoms with Crippen LogP contribution in [0.4, 0.5) is 24.7 Å². The first-order valence-electron chi connectivity index (χ1n) is 14.9. The molecule has 1 aromatic carbocycles. The molecule has 1 aromatic heterocycles. The highest BCUT2D eigenvalue weighted by molar-refractivity contribution is 6.49. The van der Waals surface area contributed by atoms with Gasteiger partial charge in [0.05, 0.1) is 23.5 Å². The minimum absolute atomic E-state index is 0.142. The molecule has 0 amide bonds. The summed E-state index contributed by atoms with van der Waals surface area (Å²) in [5, 5.41) is 5.30. The lowest BCUT2D eigenvalue weighted by molar-refractivity contribution is -0.149. The van der Waals surface area contributed by atoms with Crippen molar-refractivity contribution in [2.75, 3.05) is 49.7 Å². The van der Waals surface area contributed by atoms with Gasteiger partial charge in [-0.1, -0.05) is 17.7 Å². The number of ketones is 2. The van der Waals surface area contributed by atoms with Gasteiger partial charge in [-0.15, -0.1) is 0 Å². The maximum Gasteiger partial charge on any atom is 0.401 e. The third-order valence-electron chi connectivity index (χ3n) is 8.98. The molecule has 44 heavy (non-hydrogen) atoms. The Morgan fingerprint density at radius 3 is 2.45 bits per heavy atom. The van der Waals surface area contributed by atoms with Crippen LogP contribution >= 0.6 is 11.6 Å². The SMILES string of the molecule is C[C@@H]1CN(c2ncc(NC3C(=O)C(=O)C3NCC(F)(F)F)cc2Cl)[C@@H](C)CN1C1CCN(Cc2ccc3c(c2)OCO3)CC1. The van der Waals surface area contributed by atoms with Gasteiger partial charge in [0.1, 0.15) is 17.9 Å². The molecule has 1 saturated carbocycles. The third kappa shape index (κ3) is 6.46. The number of carbonyl (C=O) groups is 2. The van der Waals surface area contributed by atoms with Crippen LogP contribution in [-0.4, -0.2) is 102 Å². The van der Waals surface area contributed by atoms with Crippen molar-refractivity contribution < 1.29 is 32.2 Å². The van der Waals surface area contributed by atoms with E-state index in [1.54, 1.807) is 6.07 Å². The second kappa shape index (κ2) is 12.3. The Kier molecular flexibility index (Phi) is 8.66. The van der Waals surface area contributed by atoms with Gasteiger partial charge in [-0.05, 0) is 63.5 Å². The third-order valence-corrected chi connectivity index (χ3v) is 9.26. The molecule has 6 rings (SSSR count). The summed E-state index contributed by atoms with van der Waals surface area (Å²) >= 11 is 6.65. The summed E-state index contributed by atoms with van der Waals surface area (Å²) in [5.74, 6) is 0.572. The number of hydrogen-bond donors (Lipinski definition) is 2. The molecule has 2 aromatic rings. The Morgan fingerprint density at radius 1 is 1.00 bits per heavy atom. The van der Waals surface area contributed by atoms with E-state index >= 15 is 0 Å². The van der Waals surface area contributed by atoms with Gasteiger partial charge in [0.25, 0.3) is 0 Å². The zero-order chi connectivity index (χ0) is 31.2. The van der Waals surface area contributed by atoms with Crippen LogP contribution in [0.25, 0.3) is 0 Å². The summed E-state index contributed by atoms with van der Waals surface area (Å²) in [6, 6.07) is 6.27. The van der Waals surface area contributed by atoms with Crippen molar-refractivity contribution in [3.05, 3.63) is 41.0 Å². The summed E-state index contributed by atoms with van der Waals surface area (Å²) in [6.45, 7) is 7.79. The number of carbonyl (C=O) groups excluding carboxylic acids is 2. The van der Waals surface area contributed by atoms with Gasteiger partial charge in [0.2, 0.25) is 18.4 Å². The monoisotopic (exact) mass is 636 g/mol. The summed E-state index contributed by atoms with van der Waals surface area (Å²) in [4.78, 5) is 35.7. The number of anilines is 2. The van der Waals surface area contributed by atoms with Gasteiger partial charge in [-0.3, -0.25) is 24.7 Å². The molecule has 1 aliphatic carbocycles. The average Bonchev–Trinajstić information content (AvgIpc) is 3.46. The Bertz CT molecular complexity index is 1410. The lowest BCUT2D eigenvalue weighted by Crippen LogP contribution is -2.67. The highest BCUT2D eigenvalue weighted by Gasteiger charge is 2.50. The fourth-order valence-corrected chi connectivity index (χ4v) is 6.94. The maximum absolute atomic E-state index is 12.6. The largest absolute Gasteiger partial charge is 0.454 e. The van der Waals surface area contributed by atoms with Crippen LogP contribution in [0.5, 0.6) is 11.5 Å². The van der Waals surface area contributed by atoms with Gasteiger partial charge < -0.3 is 19.7 Å². The lowest BCUT2D eigenvalue weighted by Gasteiger charge is -2.49. The number of piperidine rings is 1. The molecule has 10 nitrogen and oxygen atoms in total. The van der Waals surface area contributed by atoms with Crippen molar-refractivity contribution in [2.45, 2.75) is 69.6 Å². The van der Waals surface area contributed by atoms with E-state index in [-0.39, 0.29) is 18.9 Å². The maximum atomic E-state index is 12.6. The highest BCUT2D eigenvalue weighted by atomic mass is 35.5. The molecule has 0 bridgehead atoms. The molecule has 238 valence electrons. The van der Waals surface area contributed by atoms with Crippen LogP contribution < -0.4 is 25.0 Å². The smallest absolute Gasteiger partial charge is 0.401 e. The number of alkyl halides is 3. The Labute approximate surface area is 258 Å². The number of rotatable bonds is 8. The molecule has 4 heterocycles. The van der Waals surface area contributed by atoms with E-state index in [4.69, 9.17) is 21.1 Å². The van der Waals surface area contributed by atoms with Crippen LogP contribution in [0, 0.1) is 0 Å². The topological polar surface area (TPSA) is 99.3 Å². The van der Waals surface area contributed by atoms with Gasteiger partial charge in [0, 0.05) is 37.8 Å². The summed E-state index contributed by atoms with van der Waals surface area (Å²) < 4.78 is 48.8. The van der Waals surface area contributed by atoms with E-state index in [1.807, 2.05) is 6.07 Å². The van der Waals surface area contributed by atoms with E-state index in [9.17, 15) is 22.8 Å². The number of ether oxygens (including phenoxy) is 2. The number of fused-ring (bicyclic) bond motifs is 1. The number of piperazine rings is 1. The summed E-state index contributed by atoms with van der Waals surface area (Å²) in [5.41, 5.74) is 1.58. The van der Waals surface area contributed by atoms with Crippen molar-refractivity contribution in [1.29, 1.82) is 0 Å². The fourth-order valence-electron chi connectivity index (χ4n) is 6.66. The van der Waals surface area contributed by atoms with E-state index in [0.29, 0.717) is 22.6 Å². The first kappa shape index (κ1) is 30.9. The number of nitrogens with one attached hydrogen (secondary N) is 2. The fraction of sp³-hybridized carbons (Fsp3) is 0.567. The first-order valence-corrected chi connectivity index (χ1v) is 15.3. The molecule has 2 unspecified atom stereocenters. The zero-order valence-corrected chi connectivity index (χ0v) is 25.3. The molecule has 4 atom stereocenters. The molecule has 3 fully saturated rings. The number of halogens is 4. The standard InChI is InChI=1S/C30H36ClF3N6O4/c1-17-13-40(29-22(31)10-20(11-35-29)37-26-25(27(41)28(26)42)36-15-30(32,33)34)18(2)12-39(17)21-5-7-38(8-6-21)14-19-3-4-23-24(9-19)44-16-43-23/h3-4,9-11,17-18,21,25-26,36-37H,5-8,12-16H2,1-2H3/t17-,18+,25?,26?/m1/s1. The van der Waals surface area contributed by atoms with Crippen molar-refractivity contribution in [3.8, 4) is 11.5 Å². The van der Waals surface area contributed by atoms with Crippen LogP contribution in [-0.2, 0) is 16.1 Å². The number of benzene rings is 1. The number of nitrogens with zero attached hydrogens (tertiary/aromatic N) is 4. The van der Waals surface area contributed by atoms with Gasteiger partial charge >= 0.3 is 6.18 Å². The van der Waals surface area contributed by atoms with Crippen molar-refractivity contribution >= 4 is 34.7 Å². The van der Waals surface area contributed by atoms with Gasteiger partial charge in [-0.25, -0.2) is 4.98 Å². The van der Waals surface area contributed by atoms with Crippen molar-refractivity contribution in [2.24, 2.45) is 0 Å². The Balaban J connectivity index is 1.02. The Morgan fingerprint density at radius 2 is 1.73 bits per heavy atom. The Hall–Kier alpha value is -3.13. The molecule has 2 saturated heterocycles. The molecular weight excluding hydrogens is 601 g/mol. The van der Waals surface area contributed by atoms with Crippen LogP contribution in [0.3, 0.4) is 0 Å². The lowest BCUT2D eigenvalue weighted by atomic mass is 9.83. The van der Waals surface area contributed by atoms with Crippen LogP contribution in [0.15, 0.2) is 30.5 Å². The molecule has 4 aliphatic rings. The van der Waals surface area contributed by atoms with Gasteiger partial charge in [0.15, 0.2) is 11.5 Å². The minimum atomic E-state index is -4.50. The number of aromatic nitrogens is 1. The second-order valence-corrected chi connectivity index (χ2v) is 12.5. The predicted molar refractivity (Wildman–Crippen MR) is 158 cm³/mol. The van der Waals surface area contributed by atoms with Crippen molar-refractivity contribution in [3.63, 3.8) is 0 Å². The molecule has 0 spiro atoms. The average molecular weight is 637 g/mol. The number of pyridine rings is 1. The van der Waals surface area contributed by atoms with E-state index in [0.717, 1.165) is 57.1 Å². The van der Waals surface area contributed by atoms with Gasteiger partial charge in [-0.2, -0.15) is 13.2 Å². The normalized spacial score (nSPS) is 26.6. The number of hydrogen-bond acceptors (Lipinski definition) is 10. The summed E-state index contributed by atoms with van der Waals surface area (Å²) in [7, 11) is 0.